The highest BCUT2D eigenvalue weighted by Gasteiger charge is 2.18. The van der Waals surface area contributed by atoms with Crippen molar-refractivity contribution in [2.24, 2.45) is 0 Å². The summed E-state index contributed by atoms with van der Waals surface area (Å²) < 4.78 is 12.6. The number of carbonyl (C=O) groups excluding carboxylic acids is 1. The van der Waals surface area contributed by atoms with Crippen molar-refractivity contribution in [3.8, 4) is 23.2 Å². The molecule has 0 N–H and O–H groups in total. The highest BCUT2D eigenvalue weighted by molar-refractivity contribution is 5.99. The summed E-state index contributed by atoms with van der Waals surface area (Å²) in [6.45, 7) is 3.53. The van der Waals surface area contributed by atoms with Crippen LogP contribution in [0.3, 0.4) is 0 Å². The minimum atomic E-state index is -0.722. The molecule has 2 aromatic carbocycles. The van der Waals surface area contributed by atoms with E-state index in [1.54, 1.807) is 10.9 Å². The van der Waals surface area contributed by atoms with Crippen molar-refractivity contribution < 1.29 is 13.9 Å². The average molecular weight is 395 g/mol. The number of hydrogen-bond donors (Lipinski definition) is 0. The Kier molecular flexibility index (Phi) is 5.27. The smallest absolute Gasteiger partial charge is 0.349 e. The van der Waals surface area contributed by atoms with Crippen molar-refractivity contribution in [2.75, 3.05) is 6.61 Å². The fourth-order valence-corrected chi connectivity index (χ4v) is 3.00. The van der Waals surface area contributed by atoms with Crippen LogP contribution in [0.25, 0.3) is 34.2 Å². The van der Waals surface area contributed by atoms with Crippen LogP contribution in [0.5, 0.6) is 0 Å². The SMILES string of the molecule is C=CCOC(=O)C(C#N)=Cc1cn(-c2ccccc2)nc1-c1cc2ccccc2o1. The number of nitriles is 1. The van der Waals surface area contributed by atoms with Gasteiger partial charge in [0.25, 0.3) is 0 Å². The minimum Gasteiger partial charge on any atom is -0.457 e. The quantitative estimate of drug-likeness (QED) is 0.200. The third-order valence-corrected chi connectivity index (χ3v) is 4.39. The Morgan fingerprint density at radius 2 is 1.97 bits per heavy atom. The molecule has 0 saturated carbocycles. The third-order valence-electron chi connectivity index (χ3n) is 4.39. The zero-order valence-electron chi connectivity index (χ0n) is 16.0. The summed E-state index contributed by atoms with van der Waals surface area (Å²) in [4.78, 5) is 12.2. The van der Waals surface area contributed by atoms with Gasteiger partial charge in [-0.3, -0.25) is 0 Å². The average Bonchev–Trinajstić information content (AvgIpc) is 3.40. The Bertz CT molecular complexity index is 1260. The number of furan rings is 1. The molecule has 6 nitrogen and oxygen atoms in total. The number of ether oxygens (including phenoxy) is 1. The first kappa shape index (κ1) is 19.0. The summed E-state index contributed by atoms with van der Waals surface area (Å²) in [5, 5.41) is 15.0. The Labute approximate surface area is 172 Å². The van der Waals surface area contributed by atoms with Gasteiger partial charge in [-0.25, -0.2) is 9.48 Å². The van der Waals surface area contributed by atoms with Crippen molar-refractivity contribution in [3.05, 3.63) is 90.7 Å². The molecule has 30 heavy (non-hydrogen) atoms. The van der Waals surface area contributed by atoms with Crippen LogP contribution in [-0.4, -0.2) is 22.4 Å². The topological polar surface area (TPSA) is 81.0 Å². The van der Waals surface area contributed by atoms with E-state index in [1.165, 1.54) is 12.2 Å². The largest absolute Gasteiger partial charge is 0.457 e. The molecule has 0 fully saturated rings. The van der Waals surface area contributed by atoms with Gasteiger partial charge < -0.3 is 9.15 Å². The first-order chi connectivity index (χ1) is 14.7. The van der Waals surface area contributed by atoms with Crippen LogP contribution >= 0.6 is 0 Å². The molecule has 0 bridgehead atoms. The predicted octanol–water partition coefficient (Wildman–Crippen LogP) is 4.92. The number of para-hydroxylation sites is 2. The fraction of sp³-hybridized carbons (Fsp3) is 0.0417. The number of aromatic nitrogens is 2. The van der Waals surface area contributed by atoms with Crippen molar-refractivity contribution >= 4 is 23.0 Å². The Balaban J connectivity index is 1.84. The van der Waals surface area contributed by atoms with Crippen LogP contribution in [0, 0.1) is 11.3 Å². The van der Waals surface area contributed by atoms with Crippen LogP contribution in [-0.2, 0) is 9.53 Å². The van der Waals surface area contributed by atoms with Gasteiger partial charge in [0.1, 0.15) is 29.5 Å². The lowest BCUT2D eigenvalue weighted by Gasteiger charge is -1.99. The molecular weight excluding hydrogens is 378 g/mol. The van der Waals surface area contributed by atoms with Crippen LogP contribution in [0.2, 0.25) is 0 Å². The lowest BCUT2D eigenvalue weighted by Crippen LogP contribution is -2.06. The van der Waals surface area contributed by atoms with E-state index in [0.29, 0.717) is 17.0 Å². The molecule has 0 radical (unpaired) electrons. The number of nitrogens with zero attached hydrogens (tertiary/aromatic N) is 3. The van der Waals surface area contributed by atoms with Crippen LogP contribution < -0.4 is 0 Å². The molecule has 0 saturated heterocycles. The summed E-state index contributed by atoms with van der Waals surface area (Å²) in [6, 6.07) is 21.0. The molecule has 0 aliphatic carbocycles. The minimum absolute atomic E-state index is 0.0254. The molecular formula is C24H17N3O3. The Morgan fingerprint density at radius 1 is 1.20 bits per heavy atom. The molecule has 4 aromatic rings. The lowest BCUT2D eigenvalue weighted by molar-refractivity contribution is -0.137. The van der Waals surface area contributed by atoms with E-state index in [4.69, 9.17) is 9.15 Å². The summed E-state index contributed by atoms with van der Waals surface area (Å²) in [5.74, 6) is -0.186. The van der Waals surface area contributed by atoms with Gasteiger partial charge in [-0.1, -0.05) is 49.1 Å². The van der Waals surface area contributed by atoms with Gasteiger partial charge in [0.2, 0.25) is 0 Å². The maximum Gasteiger partial charge on any atom is 0.349 e. The van der Waals surface area contributed by atoms with E-state index < -0.39 is 5.97 Å². The maximum absolute atomic E-state index is 12.2. The fourth-order valence-electron chi connectivity index (χ4n) is 3.00. The molecule has 0 amide bonds. The van der Waals surface area contributed by atoms with Gasteiger partial charge >= 0.3 is 5.97 Å². The van der Waals surface area contributed by atoms with E-state index in [0.717, 1.165) is 16.7 Å². The van der Waals surface area contributed by atoms with Gasteiger partial charge in [0.15, 0.2) is 5.76 Å². The van der Waals surface area contributed by atoms with Crippen molar-refractivity contribution in [1.29, 1.82) is 5.26 Å². The predicted molar refractivity (Wildman–Crippen MR) is 114 cm³/mol. The monoisotopic (exact) mass is 395 g/mol. The van der Waals surface area contributed by atoms with Crippen LogP contribution in [0.1, 0.15) is 5.56 Å². The summed E-state index contributed by atoms with van der Waals surface area (Å²) in [6.07, 6.45) is 4.65. The molecule has 0 atom stereocenters. The third kappa shape index (κ3) is 3.77. The molecule has 2 aromatic heterocycles. The molecule has 0 unspecified atom stereocenters. The van der Waals surface area contributed by atoms with E-state index in [-0.39, 0.29) is 12.2 Å². The number of rotatable bonds is 6. The Hall–Kier alpha value is -4.37. The second-order valence-electron chi connectivity index (χ2n) is 6.42. The van der Waals surface area contributed by atoms with Gasteiger partial charge in [0, 0.05) is 17.1 Å². The number of carbonyl (C=O) groups is 1. The molecule has 0 spiro atoms. The van der Waals surface area contributed by atoms with E-state index in [2.05, 4.69) is 11.7 Å². The molecule has 4 rings (SSSR count). The molecule has 2 heterocycles. The van der Waals surface area contributed by atoms with Gasteiger partial charge in [-0.15, -0.1) is 0 Å². The van der Waals surface area contributed by atoms with Gasteiger partial charge in [-0.05, 0) is 30.3 Å². The molecule has 146 valence electrons. The first-order valence-electron chi connectivity index (χ1n) is 9.23. The highest BCUT2D eigenvalue weighted by Crippen LogP contribution is 2.31. The van der Waals surface area contributed by atoms with Gasteiger partial charge in [0.05, 0.1) is 5.69 Å². The van der Waals surface area contributed by atoms with Crippen molar-refractivity contribution in [3.63, 3.8) is 0 Å². The molecule has 0 aliphatic rings. The summed E-state index contributed by atoms with van der Waals surface area (Å²) >= 11 is 0. The number of hydrogen-bond acceptors (Lipinski definition) is 5. The lowest BCUT2D eigenvalue weighted by atomic mass is 10.1. The van der Waals surface area contributed by atoms with E-state index in [1.807, 2.05) is 66.7 Å². The van der Waals surface area contributed by atoms with Crippen LogP contribution in [0.15, 0.2) is 89.5 Å². The zero-order valence-corrected chi connectivity index (χ0v) is 16.0. The number of esters is 1. The summed E-state index contributed by atoms with van der Waals surface area (Å²) in [5.41, 5.74) is 2.50. The maximum atomic E-state index is 12.2. The van der Waals surface area contributed by atoms with Crippen molar-refractivity contribution in [1.82, 2.24) is 9.78 Å². The number of fused-ring (bicyclic) bond motifs is 1. The van der Waals surface area contributed by atoms with E-state index in [9.17, 15) is 10.1 Å². The van der Waals surface area contributed by atoms with Crippen LogP contribution in [0.4, 0.5) is 0 Å². The normalized spacial score (nSPS) is 11.2. The zero-order chi connectivity index (χ0) is 20.9. The second kappa shape index (κ2) is 8.33. The standard InChI is InChI=1S/C24H17N3O3/c1-2-12-29-24(28)18(15-25)13-19-16-27(20-9-4-3-5-10-20)26-23(19)22-14-17-8-6-7-11-21(17)30-22/h2-11,13-14,16H,1,12H2. The summed E-state index contributed by atoms with van der Waals surface area (Å²) in [7, 11) is 0. The molecule has 6 heteroatoms. The highest BCUT2D eigenvalue weighted by atomic mass is 16.5. The van der Waals surface area contributed by atoms with Gasteiger partial charge in [-0.2, -0.15) is 10.4 Å². The number of benzene rings is 2. The Morgan fingerprint density at radius 3 is 2.70 bits per heavy atom. The second-order valence-corrected chi connectivity index (χ2v) is 6.42. The molecule has 0 aliphatic heterocycles. The van der Waals surface area contributed by atoms with E-state index >= 15 is 0 Å². The first-order valence-corrected chi connectivity index (χ1v) is 9.23. The van der Waals surface area contributed by atoms with Crippen molar-refractivity contribution in [2.45, 2.75) is 0 Å².